The number of hydrogen-bond acceptors (Lipinski definition) is 4. The van der Waals surface area contributed by atoms with Crippen molar-refractivity contribution in [1.82, 2.24) is 10.6 Å². The number of rotatable bonds is 9. The normalized spacial score (nSPS) is 21.1. The Hall–Kier alpha value is -1.95. The maximum absolute atomic E-state index is 5.56. The first-order chi connectivity index (χ1) is 13.7. The predicted octanol–water partition coefficient (Wildman–Crippen LogP) is 3.21. The van der Waals surface area contributed by atoms with Crippen molar-refractivity contribution in [1.29, 1.82) is 0 Å². The first kappa shape index (κ1) is 19.4. The summed E-state index contributed by atoms with van der Waals surface area (Å²) >= 11 is 0. The van der Waals surface area contributed by atoms with Crippen LogP contribution in [0.15, 0.2) is 23.2 Å². The van der Waals surface area contributed by atoms with Gasteiger partial charge in [-0.15, -0.1) is 0 Å². The van der Waals surface area contributed by atoms with Crippen molar-refractivity contribution in [3.05, 3.63) is 23.8 Å². The van der Waals surface area contributed by atoms with Gasteiger partial charge in [-0.1, -0.05) is 12.5 Å². The van der Waals surface area contributed by atoms with Crippen molar-refractivity contribution in [2.45, 2.75) is 50.9 Å². The van der Waals surface area contributed by atoms with Crippen molar-refractivity contribution in [3.63, 3.8) is 0 Å². The number of fused-ring (bicyclic) bond motifs is 1. The van der Waals surface area contributed by atoms with Gasteiger partial charge in [0, 0.05) is 38.8 Å². The largest absolute Gasteiger partial charge is 0.454 e. The molecule has 0 unspecified atom stereocenters. The van der Waals surface area contributed by atoms with E-state index in [2.05, 4.69) is 29.7 Å². The van der Waals surface area contributed by atoms with Crippen LogP contribution >= 0.6 is 0 Å². The summed E-state index contributed by atoms with van der Waals surface area (Å²) in [6, 6.07) is 6.36. The number of nitrogens with zero attached hydrogens (tertiary/aromatic N) is 1. The van der Waals surface area contributed by atoms with Crippen LogP contribution in [0.1, 0.15) is 51.0 Å². The van der Waals surface area contributed by atoms with Crippen molar-refractivity contribution in [3.8, 4) is 11.5 Å². The first-order valence-electron chi connectivity index (χ1n) is 10.6. The molecule has 0 saturated heterocycles. The fourth-order valence-electron chi connectivity index (χ4n) is 4.27. The highest BCUT2D eigenvalue weighted by Gasteiger charge is 2.45. The minimum Gasteiger partial charge on any atom is -0.454 e. The Bertz CT molecular complexity index is 711. The quantitative estimate of drug-likeness (QED) is 0.503. The van der Waals surface area contributed by atoms with Gasteiger partial charge >= 0.3 is 0 Å². The van der Waals surface area contributed by atoms with Crippen molar-refractivity contribution in [2.24, 2.45) is 10.4 Å². The fraction of sp³-hybridized carbons (Fsp3) is 0.682. The molecule has 0 aromatic heterocycles. The molecule has 3 aliphatic rings. The molecule has 0 radical (unpaired) electrons. The summed E-state index contributed by atoms with van der Waals surface area (Å²) in [7, 11) is 1.78. The van der Waals surface area contributed by atoms with E-state index in [1.54, 1.807) is 7.11 Å². The molecule has 2 fully saturated rings. The van der Waals surface area contributed by atoms with E-state index >= 15 is 0 Å². The van der Waals surface area contributed by atoms with Crippen molar-refractivity contribution in [2.75, 3.05) is 40.1 Å². The van der Waals surface area contributed by atoms with E-state index in [0.717, 1.165) is 50.1 Å². The number of benzene rings is 1. The number of nitrogens with one attached hydrogen (secondary N) is 2. The van der Waals surface area contributed by atoms with E-state index in [0.29, 0.717) is 12.2 Å². The van der Waals surface area contributed by atoms with E-state index < -0.39 is 0 Å². The highest BCUT2D eigenvalue weighted by molar-refractivity contribution is 5.80. The van der Waals surface area contributed by atoms with Gasteiger partial charge in [0.2, 0.25) is 6.79 Å². The molecular formula is C22H33N3O3. The lowest BCUT2D eigenvalue weighted by atomic mass is 9.67. The molecule has 4 rings (SSSR count). The molecule has 0 amide bonds. The zero-order valence-electron chi connectivity index (χ0n) is 17.2. The maximum Gasteiger partial charge on any atom is 0.231 e. The van der Waals surface area contributed by atoms with Crippen LogP contribution in [0.2, 0.25) is 0 Å². The molecule has 1 aromatic carbocycles. The fourth-order valence-corrected chi connectivity index (χ4v) is 4.27. The molecule has 2 aliphatic carbocycles. The number of ether oxygens (including phenoxy) is 3. The second-order valence-electron chi connectivity index (χ2n) is 8.49. The molecule has 0 spiro atoms. The lowest BCUT2D eigenvalue weighted by Crippen LogP contribution is -2.43. The molecule has 28 heavy (non-hydrogen) atoms. The lowest BCUT2D eigenvalue weighted by molar-refractivity contribution is 0.0778. The van der Waals surface area contributed by atoms with E-state index in [1.165, 1.54) is 37.7 Å². The molecule has 1 aliphatic heterocycles. The van der Waals surface area contributed by atoms with E-state index in [-0.39, 0.29) is 5.41 Å². The smallest absolute Gasteiger partial charge is 0.231 e. The molecular weight excluding hydrogens is 354 g/mol. The molecule has 6 heteroatoms. The zero-order valence-corrected chi connectivity index (χ0v) is 17.2. The molecule has 0 atom stereocenters. The van der Waals surface area contributed by atoms with Crippen LogP contribution in [-0.2, 0) is 10.2 Å². The van der Waals surface area contributed by atoms with Gasteiger partial charge in [0.25, 0.3) is 0 Å². The predicted molar refractivity (Wildman–Crippen MR) is 110 cm³/mol. The Labute approximate surface area is 168 Å². The number of aliphatic imine (C=N–C) groups is 1. The Morgan fingerprint density at radius 2 is 1.96 bits per heavy atom. The minimum absolute atomic E-state index is 0.182. The van der Waals surface area contributed by atoms with Gasteiger partial charge in [0.05, 0.1) is 0 Å². The topological polar surface area (TPSA) is 64.1 Å². The summed E-state index contributed by atoms with van der Waals surface area (Å²) in [5.41, 5.74) is 1.85. The van der Waals surface area contributed by atoms with Crippen molar-refractivity contribution >= 4 is 5.96 Å². The molecule has 2 saturated carbocycles. The van der Waals surface area contributed by atoms with Gasteiger partial charge in [-0.05, 0) is 62.1 Å². The Morgan fingerprint density at radius 1 is 1.14 bits per heavy atom. The van der Waals surface area contributed by atoms with Crippen LogP contribution in [0.3, 0.4) is 0 Å². The third kappa shape index (κ3) is 4.07. The molecule has 6 nitrogen and oxygen atoms in total. The summed E-state index contributed by atoms with van der Waals surface area (Å²) in [6.45, 7) is 5.91. The zero-order chi connectivity index (χ0) is 19.5. The Balaban J connectivity index is 1.38. The summed E-state index contributed by atoms with van der Waals surface area (Å²) in [5, 5.41) is 7.02. The average molecular weight is 388 g/mol. The van der Waals surface area contributed by atoms with Crippen molar-refractivity contribution < 1.29 is 14.2 Å². The highest BCUT2D eigenvalue weighted by Crippen LogP contribution is 2.50. The Morgan fingerprint density at radius 3 is 2.64 bits per heavy atom. The molecule has 2 N–H and O–H groups in total. The molecule has 154 valence electrons. The Kier molecular flexibility index (Phi) is 5.67. The molecule has 1 aromatic rings. The summed E-state index contributed by atoms with van der Waals surface area (Å²) in [5.74, 6) is 2.65. The van der Waals surface area contributed by atoms with Gasteiger partial charge in [-0.25, -0.2) is 0 Å². The maximum atomic E-state index is 5.56. The SMILES string of the molecule is CCNC(=NCC1(CCOC)CCC1)NCC1(c2ccc3c(c2)OCO3)CC1. The number of hydrogen-bond donors (Lipinski definition) is 2. The first-order valence-corrected chi connectivity index (χ1v) is 10.6. The lowest BCUT2D eigenvalue weighted by Gasteiger charge is -2.40. The minimum atomic E-state index is 0.182. The van der Waals surface area contributed by atoms with Crippen LogP contribution in [0.25, 0.3) is 0 Å². The monoisotopic (exact) mass is 387 g/mol. The van der Waals surface area contributed by atoms with Gasteiger partial charge in [0.15, 0.2) is 17.5 Å². The van der Waals surface area contributed by atoms with Crippen LogP contribution < -0.4 is 20.1 Å². The van der Waals surface area contributed by atoms with Gasteiger partial charge in [-0.2, -0.15) is 0 Å². The third-order valence-corrected chi connectivity index (χ3v) is 6.60. The van der Waals surface area contributed by atoms with E-state index in [9.17, 15) is 0 Å². The van der Waals surface area contributed by atoms with Crippen LogP contribution in [0, 0.1) is 5.41 Å². The second-order valence-corrected chi connectivity index (χ2v) is 8.49. The summed E-state index contributed by atoms with van der Waals surface area (Å²) in [4.78, 5) is 4.94. The number of guanidine groups is 1. The third-order valence-electron chi connectivity index (χ3n) is 6.60. The van der Waals surface area contributed by atoms with Crippen LogP contribution in [0.4, 0.5) is 0 Å². The summed E-state index contributed by atoms with van der Waals surface area (Å²) < 4.78 is 16.3. The van der Waals surface area contributed by atoms with E-state index in [1.807, 2.05) is 6.07 Å². The standard InChI is InChI=1S/C22H33N3O3/c1-3-23-20(24-14-21(7-4-8-21)11-12-26-2)25-15-22(9-10-22)17-5-6-18-19(13-17)28-16-27-18/h5-6,13H,3-4,7-12,14-16H2,1-2H3,(H2,23,24,25). The summed E-state index contributed by atoms with van der Waals surface area (Å²) in [6.07, 6.45) is 7.33. The van der Waals surface area contributed by atoms with Crippen LogP contribution in [0.5, 0.6) is 11.5 Å². The molecule has 0 bridgehead atoms. The second kappa shape index (κ2) is 8.19. The van der Waals surface area contributed by atoms with Crippen LogP contribution in [-0.4, -0.2) is 46.1 Å². The number of methoxy groups -OCH3 is 1. The average Bonchev–Trinajstić information content (AvgIpc) is 3.33. The van der Waals surface area contributed by atoms with Gasteiger partial charge in [-0.3, -0.25) is 4.99 Å². The van der Waals surface area contributed by atoms with Gasteiger partial charge < -0.3 is 24.8 Å². The molecule has 1 heterocycles. The highest BCUT2D eigenvalue weighted by atomic mass is 16.7. The van der Waals surface area contributed by atoms with E-state index in [4.69, 9.17) is 19.2 Å². The van der Waals surface area contributed by atoms with Gasteiger partial charge in [0.1, 0.15) is 0 Å².